The summed E-state index contributed by atoms with van der Waals surface area (Å²) >= 11 is 0. The predicted molar refractivity (Wildman–Crippen MR) is 77.1 cm³/mol. The van der Waals surface area contributed by atoms with Crippen molar-refractivity contribution in [2.75, 3.05) is 0 Å². The molecule has 2 aromatic rings. The van der Waals surface area contributed by atoms with Crippen LogP contribution in [0.2, 0.25) is 0 Å². The number of rotatable bonds is 0. The second-order valence-corrected chi connectivity index (χ2v) is 6.89. The van der Waals surface area contributed by atoms with E-state index in [4.69, 9.17) is 0 Å². The second kappa shape index (κ2) is 2.99. The summed E-state index contributed by atoms with van der Waals surface area (Å²) in [5.41, 5.74) is 4.09. The SMILES string of the molecule is CC12CCC(c3c1ccc1ccccc31)C2(C)C. The quantitative estimate of drug-likeness (QED) is 0.603. The van der Waals surface area contributed by atoms with Gasteiger partial charge in [0.1, 0.15) is 0 Å². The van der Waals surface area contributed by atoms with Gasteiger partial charge >= 0.3 is 0 Å². The van der Waals surface area contributed by atoms with E-state index in [-0.39, 0.29) is 0 Å². The molecule has 0 aromatic heterocycles. The van der Waals surface area contributed by atoms with Gasteiger partial charge in [-0.25, -0.2) is 0 Å². The minimum Gasteiger partial charge on any atom is -0.0616 e. The Kier molecular flexibility index (Phi) is 1.76. The molecule has 2 unspecified atom stereocenters. The highest BCUT2D eigenvalue weighted by Gasteiger charge is 2.59. The van der Waals surface area contributed by atoms with E-state index in [1.54, 1.807) is 11.1 Å². The molecule has 18 heavy (non-hydrogen) atoms. The van der Waals surface area contributed by atoms with Crippen molar-refractivity contribution in [1.82, 2.24) is 0 Å². The van der Waals surface area contributed by atoms with Crippen molar-refractivity contribution in [1.29, 1.82) is 0 Å². The van der Waals surface area contributed by atoms with Crippen molar-refractivity contribution >= 4 is 10.8 Å². The van der Waals surface area contributed by atoms with Gasteiger partial charge in [-0.1, -0.05) is 57.2 Å². The normalized spacial score (nSPS) is 31.8. The third-order valence-corrected chi connectivity index (χ3v) is 6.14. The molecule has 1 saturated carbocycles. The summed E-state index contributed by atoms with van der Waals surface area (Å²) in [6, 6.07) is 13.6. The lowest BCUT2D eigenvalue weighted by molar-refractivity contribution is 0.231. The first-order valence-electron chi connectivity index (χ1n) is 7.08. The fourth-order valence-electron chi connectivity index (χ4n) is 4.64. The fraction of sp³-hybridized carbons (Fsp3) is 0.444. The summed E-state index contributed by atoms with van der Waals surface area (Å²) in [7, 11) is 0. The Morgan fingerprint density at radius 3 is 2.61 bits per heavy atom. The van der Waals surface area contributed by atoms with Crippen molar-refractivity contribution in [3.8, 4) is 0 Å². The van der Waals surface area contributed by atoms with Gasteiger partial charge in [0.2, 0.25) is 0 Å². The Balaban J connectivity index is 2.14. The smallest absolute Gasteiger partial charge is 0.00150 e. The highest BCUT2D eigenvalue weighted by atomic mass is 14.6. The predicted octanol–water partition coefficient (Wildman–Crippen LogP) is 5.01. The first kappa shape index (κ1) is 10.6. The van der Waals surface area contributed by atoms with Crippen LogP contribution in [0.4, 0.5) is 0 Å². The molecule has 0 nitrogen and oxygen atoms in total. The molecule has 0 aliphatic heterocycles. The highest BCUT2D eigenvalue weighted by molar-refractivity contribution is 5.89. The molecule has 2 aliphatic carbocycles. The van der Waals surface area contributed by atoms with Crippen LogP contribution in [-0.2, 0) is 5.41 Å². The van der Waals surface area contributed by atoms with E-state index in [9.17, 15) is 0 Å². The third-order valence-electron chi connectivity index (χ3n) is 6.14. The zero-order valence-corrected chi connectivity index (χ0v) is 11.5. The van der Waals surface area contributed by atoms with Gasteiger partial charge in [0.15, 0.2) is 0 Å². The lowest BCUT2D eigenvalue weighted by Gasteiger charge is -2.35. The van der Waals surface area contributed by atoms with Crippen LogP contribution in [0.1, 0.15) is 50.7 Å². The average molecular weight is 236 g/mol. The van der Waals surface area contributed by atoms with Crippen molar-refractivity contribution in [2.45, 2.75) is 44.9 Å². The topological polar surface area (TPSA) is 0 Å². The molecule has 0 spiro atoms. The molecule has 0 N–H and O–H groups in total. The minimum absolute atomic E-state index is 0.386. The maximum absolute atomic E-state index is 2.48. The van der Waals surface area contributed by atoms with E-state index < -0.39 is 0 Å². The number of fused-ring (bicyclic) bond motifs is 7. The molecule has 0 heterocycles. The van der Waals surface area contributed by atoms with Crippen LogP contribution in [0.5, 0.6) is 0 Å². The molecule has 0 amide bonds. The van der Waals surface area contributed by atoms with E-state index in [0.717, 1.165) is 5.92 Å². The van der Waals surface area contributed by atoms with Crippen LogP contribution in [-0.4, -0.2) is 0 Å². The van der Waals surface area contributed by atoms with Crippen molar-refractivity contribution in [2.24, 2.45) is 5.41 Å². The minimum atomic E-state index is 0.386. The number of benzene rings is 2. The van der Waals surface area contributed by atoms with E-state index >= 15 is 0 Å². The Labute approximate surface area is 109 Å². The van der Waals surface area contributed by atoms with Gasteiger partial charge in [-0.3, -0.25) is 0 Å². The average Bonchev–Trinajstić information content (AvgIpc) is 2.70. The van der Waals surface area contributed by atoms with Crippen molar-refractivity contribution in [3.63, 3.8) is 0 Å². The molecule has 0 radical (unpaired) electrons. The molecule has 2 bridgehead atoms. The van der Waals surface area contributed by atoms with Crippen LogP contribution >= 0.6 is 0 Å². The molecular formula is C18H20. The highest BCUT2D eigenvalue weighted by Crippen LogP contribution is 2.68. The van der Waals surface area contributed by atoms with Crippen LogP contribution in [0.25, 0.3) is 10.8 Å². The lowest BCUT2D eigenvalue weighted by atomic mass is 9.69. The van der Waals surface area contributed by atoms with Crippen LogP contribution in [0, 0.1) is 5.41 Å². The first-order chi connectivity index (χ1) is 8.56. The van der Waals surface area contributed by atoms with Crippen LogP contribution < -0.4 is 0 Å². The largest absolute Gasteiger partial charge is 0.0616 e. The Morgan fingerprint density at radius 2 is 1.78 bits per heavy atom. The fourth-order valence-corrected chi connectivity index (χ4v) is 4.64. The van der Waals surface area contributed by atoms with E-state index in [2.05, 4.69) is 57.2 Å². The number of hydrogen-bond donors (Lipinski definition) is 0. The third kappa shape index (κ3) is 0.957. The van der Waals surface area contributed by atoms with Gasteiger partial charge < -0.3 is 0 Å². The standard InChI is InChI=1S/C18H20/c1-17(2)14-10-11-18(17,3)15-9-8-12-6-4-5-7-13(12)16(14)15/h4-9,14H,10-11H2,1-3H3. The van der Waals surface area contributed by atoms with E-state index in [1.807, 2.05) is 0 Å². The van der Waals surface area contributed by atoms with Crippen LogP contribution in [0.3, 0.4) is 0 Å². The van der Waals surface area contributed by atoms with Gasteiger partial charge in [0, 0.05) is 0 Å². The maximum atomic E-state index is 2.48. The van der Waals surface area contributed by atoms with Gasteiger partial charge in [-0.2, -0.15) is 0 Å². The molecule has 0 heteroatoms. The molecule has 92 valence electrons. The van der Waals surface area contributed by atoms with Crippen molar-refractivity contribution in [3.05, 3.63) is 47.5 Å². The molecule has 2 aliphatic rings. The Bertz CT molecular complexity index is 650. The monoisotopic (exact) mass is 236 g/mol. The molecule has 2 atom stereocenters. The summed E-state index contributed by atoms with van der Waals surface area (Å²) in [4.78, 5) is 0. The molecular weight excluding hydrogens is 216 g/mol. The van der Waals surface area contributed by atoms with E-state index in [1.165, 1.54) is 23.6 Å². The summed E-state index contributed by atoms with van der Waals surface area (Å²) < 4.78 is 0. The summed E-state index contributed by atoms with van der Waals surface area (Å²) in [6.07, 6.45) is 2.72. The second-order valence-electron chi connectivity index (χ2n) is 6.89. The molecule has 1 fully saturated rings. The molecule has 0 saturated heterocycles. The Hall–Kier alpha value is -1.30. The maximum Gasteiger partial charge on any atom is -0.00150 e. The van der Waals surface area contributed by atoms with Gasteiger partial charge in [-0.05, 0) is 51.5 Å². The van der Waals surface area contributed by atoms with E-state index in [0.29, 0.717) is 10.8 Å². The van der Waals surface area contributed by atoms with Gasteiger partial charge in [-0.15, -0.1) is 0 Å². The molecule has 2 aromatic carbocycles. The zero-order chi connectivity index (χ0) is 12.5. The lowest BCUT2D eigenvalue weighted by Crippen LogP contribution is -2.31. The summed E-state index contributed by atoms with van der Waals surface area (Å²) in [5.74, 6) is 0.753. The summed E-state index contributed by atoms with van der Waals surface area (Å²) in [6.45, 7) is 7.42. The Morgan fingerprint density at radius 1 is 1.00 bits per heavy atom. The first-order valence-corrected chi connectivity index (χ1v) is 7.08. The van der Waals surface area contributed by atoms with Gasteiger partial charge in [0.05, 0.1) is 0 Å². The van der Waals surface area contributed by atoms with Crippen molar-refractivity contribution < 1.29 is 0 Å². The number of hydrogen-bond acceptors (Lipinski definition) is 0. The van der Waals surface area contributed by atoms with Gasteiger partial charge in [0.25, 0.3) is 0 Å². The summed E-state index contributed by atoms with van der Waals surface area (Å²) in [5, 5.41) is 2.90. The zero-order valence-electron chi connectivity index (χ0n) is 11.5. The van der Waals surface area contributed by atoms with Crippen LogP contribution in [0.15, 0.2) is 36.4 Å². The molecule has 4 rings (SSSR count).